The summed E-state index contributed by atoms with van der Waals surface area (Å²) in [5.74, 6) is 0.908. The first kappa shape index (κ1) is 13.5. The predicted octanol–water partition coefficient (Wildman–Crippen LogP) is 1.75. The van der Waals surface area contributed by atoms with Crippen molar-refractivity contribution in [2.45, 2.75) is 32.2 Å². The lowest BCUT2D eigenvalue weighted by atomic mass is 10.2. The normalized spacial score (nSPS) is 18.2. The van der Waals surface area contributed by atoms with Crippen LogP contribution in [0.2, 0.25) is 0 Å². The number of ether oxygens (including phenoxy) is 1. The molecule has 0 saturated carbocycles. The molecule has 19 heavy (non-hydrogen) atoms. The van der Waals surface area contributed by atoms with Gasteiger partial charge in [0.15, 0.2) is 0 Å². The topological polar surface area (TPSA) is 76.4 Å². The first-order valence-corrected chi connectivity index (χ1v) is 6.74. The molecule has 1 aliphatic heterocycles. The maximum absolute atomic E-state index is 11.1. The summed E-state index contributed by atoms with van der Waals surface area (Å²) >= 11 is 0. The number of rotatable bonds is 6. The van der Waals surface area contributed by atoms with Crippen molar-refractivity contribution in [3.05, 3.63) is 18.2 Å². The molecule has 1 unspecified atom stereocenters. The Labute approximate surface area is 113 Å². The van der Waals surface area contributed by atoms with Gasteiger partial charge in [-0.15, -0.1) is 0 Å². The van der Waals surface area contributed by atoms with Gasteiger partial charge in [0.2, 0.25) is 5.91 Å². The van der Waals surface area contributed by atoms with E-state index in [4.69, 9.17) is 10.5 Å². The molecule has 1 amide bonds. The van der Waals surface area contributed by atoms with Crippen LogP contribution in [0.3, 0.4) is 0 Å². The molecule has 1 aromatic rings. The lowest BCUT2D eigenvalue weighted by Gasteiger charge is -2.14. The van der Waals surface area contributed by atoms with Crippen molar-refractivity contribution in [3.8, 4) is 5.75 Å². The molecule has 104 valence electrons. The summed E-state index contributed by atoms with van der Waals surface area (Å²) in [4.78, 5) is 11.1. The molecule has 1 fully saturated rings. The van der Waals surface area contributed by atoms with Crippen LogP contribution in [0.4, 0.5) is 11.4 Å². The minimum absolute atomic E-state index is 0.131. The molecule has 1 aromatic carbocycles. The highest BCUT2D eigenvalue weighted by Crippen LogP contribution is 2.23. The summed E-state index contributed by atoms with van der Waals surface area (Å²) in [6.07, 6.45) is 2.47. The predicted molar refractivity (Wildman–Crippen MR) is 76.3 cm³/mol. The Morgan fingerprint density at radius 3 is 3.00 bits per heavy atom. The molecule has 0 aliphatic carbocycles. The Bertz CT molecular complexity index is 448. The quantitative estimate of drug-likeness (QED) is 0.683. The van der Waals surface area contributed by atoms with Gasteiger partial charge in [0.05, 0.1) is 6.61 Å². The molecule has 0 spiro atoms. The van der Waals surface area contributed by atoms with E-state index >= 15 is 0 Å². The minimum atomic E-state index is 0.131. The largest absolute Gasteiger partial charge is 0.493 e. The minimum Gasteiger partial charge on any atom is -0.493 e. The van der Waals surface area contributed by atoms with E-state index in [9.17, 15) is 4.79 Å². The van der Waals surface area contributed by atoms with E-state index in [0.717, 1.165) is 24.3 Å². The number of nitrogens with one attached hydrogen (secondary N) is 2. The number of hydrogen-bond donors (Lipinski definition) is 3. The zero-order chi connectivity index (χ0) is 13.7. The Morgan fingerprint density at radius 1 is 1.47 bits per heavy atom. The first-order chi connectivity index (χ1) is 9.17. The Kier molecular flexibility index (Phi) is 4.49. The molecule has 0 radical (unpaired) electrons. The van der Waals surface area contributed by atoms with Gasteiger partial charge in [-0.25, -0.2) is 0 Å². The smallest absolute Gasteiger partial charge is 0.220 e. The zero-order valence-corrected chi connectivity index (χ0v) is 11.2. The molecule has 1 atom stereocenters. The highest BCUT2D eigenvalue weighted by Gasteiger charge is 2.20. The molecule has 2 rings (SSSR count). The Morgan fingerprint density at radius 2 is 2.32 bits per heavy atom. The lowest BCUT2D eigenvalue weighted by Crippen LogP contribution is -2.31. The van der Waals surface area contributed by atoms with Crippen molar-refractivity contribution in [2.75, 3.05) is 24.2 Å². The van der Waals surface area contributed by atoms with Gasteiger partial charge in [-0.1, -0.05) is 6.92 Å². The van der Waals surface area contributed by atoms with Gasteiger partial charge in [0, 0.05) is 42.5 Å². The van der Waals surface area contributed by atoms with Gasteiger partial charge in [-0.05, 0) is 18.9 Å². The second kappa shape index (κ2) is 6.31. The number of nitrogen functional groups attached to an aromatic ring is 1. The number of carbonyl (C=O) groups is 1. The van der Waals surface area contributed by atoms with E-state index in [1.807, 2.05) is 18.2 Å². The fourth-order valence-corrected chi connectivity index (χ4v) is 2.10. The zero-order valence-electron chi connectivity index (χ0n) is 11.2. The van der Waals surface area contributed by atoms with E-state index in [2.05, 4.69) is 17.6 Å². The molecular weight excluding hydrogens is 242 g/mol. The van der Waals surface area contributed by atoms with Crippen LogP contribution in [0.1, 0.15) is 26.2 Å². The van der Waals surface area contributed by atoms with Gasteiger partial charge in [0.1, 0.15) is 5.75 Å². The first-order valence-electron chi connectivity index (χ1n) is 6.74. The molecule has 5 heteroatoms. The summed E-state index contributed by atoms with van der Waals surface area (Å²) < 4.78 is 5.58. The monoisotopic (exact) mass is 263 g/mol. The maximum Gasteiger partial charge on any atom is 0.220 e. The van der Waals surface area contributed by atoms with Gasteiger partial charge < -0.3 is 21.1 Å². The second-order valence-corrected chi connectivity index (χ2v) is 4.82. The van der Waals surface area contributed by atoms with Crippen LogP contribution < -0.4 is 21.1 Å². The van der Waals surface area contributed by atoms with Gasteiger partial charge in [-0.3, -0.25) is 4.79 Å². The summed E-state index contributed by atoms with van der Waals surface area (Å²) in [5.41, 5.74) is 7.44. The maximum atomic E-state index is 11.1. The van der Waals surface area contributed by atoms with Crippen molar-refractivity contribution >= 4 is 17.3 Å². The molecule has 4 N–H and O–H groups in total. The molecule has 1 heterocycles. The van der Waals surface area contributed by atoms with Crippen molar-refractivity contribution in [1.29, 1.82) is 0 Å². The Hall–Kier alpha value is -1.91. The molecular formula is C14H21N3O2. The number of nitrogens with two attached hydrogens (primary N) is 1. The van der Waals surface area contributed by atoms with Crippen LogP contribution in [0.15, 0.2) is 18.2 Å². The number of amides is 1. The highest BCUT2D eigenvalue weighted by molar-refractivity contribution is 5.78. The van der Waals surface area contributed by atoms with E-state index in [1.165, 1.54) is 0 Å². The van der Waals surface area contributed by atoms with Crippen molar-refractivity contribution in [3.63, 3.8) is 0 Å². The van der Waals surface area contributed by atoms with Crippen LogP contribution in [-0.2, 0) is 4.79 Å². The van der Waals surface area contributed by atoms with Gasteiger partial charge >= 0.3 is 0 Å². The van der Waals surface area contributed by atoms with Crippen LogP contribution in [-0.4, -0.2) is 25.1 Å². The van der Waals surface area contributed by atoms with Crippen molar-refractivity contribution in [2.24, 2.45) is 0 Å². The molecule has 0 aromatic heterocycles. The standard InChI is InChI=1S/C14H21N3O2/c1-2-5-19-13-7-10(15)6-12(8-13)16-9-11-3-4-14(18)17-11/h6-8,11,16H,2-5,9,15H2,1H3,(H,17,18). The van der Waals surface area contributed by atoms with E-state index in [-0.39, 0.29) is 11.9 Å². The third-order valence-electron chi connectivity index (χ3n) is 3.04. The average Bonchev–Trinajstić information content (AvgIpc) is 2.79. The lowest BCUT2D eigenvalue weighted by molar-refractivity contribution is -0.119. The fraction of sp³-hybridized carbons (Fsp3) is 0.500. The second-order valence-electron chi connectivity index (χ2n) is 4.82. The molecule has 0 bridgehead atoms. The summed E-state index contributed by atoms with van der Waals surface area (Å²) in [6.45, 7) is 3.46. The molecule has 5 nitrogen and oxygen atoms in total. The highest BCUT2D eigenvalue weighted by atomic mass is 16.5. The Balaban J connectivity index is 1.91. The SMILES string of the molecule is CCCOc1cc(N)cc(NCC2CCC(=O)N2)c1. The molecule has 1 saturated heterocycles. The van der Waals surface area contributed by atoms with Crippen LogP contribution in [0.5, 0.6) is 5.75 Å². The number of hydrogen-bond acceptors (Lipinski definition) is 4. The number of anilines is 2. The van der Waals surface area contributed by atoms with Gasteiger partial charge in [0.25, 0.3) is 0 Å². The molecule has 1 aliphatic rings. The summed E-state index contributed by atoms with van der Waals surface area (Å²) in [5, 5.41) is 6.21. The fourth-order valence-electron chi connectivity index (χ4n) is 2.10. The van der Waals surface area contributed by atoms with Crippen LogP contribution >= 0.6 is 0 Å². The van der Waals surface area contributed by atoms with E-state index in [1.54, 1.807) is 0 Å². The van der Waals surface area contributed by atoms with Crippen LogP contribution in [0, 0.1) is 0 Å². The summed E-state index contributed by atoms with van der Waals surface area (Å²) in [7, 11) is 0. The van der Waals surface area contributed by atoms with E-state index in [0.29, 0.717) is 25.3 Å². The van der Waals surface area contributed by atoms with Crippen molar-refractivity contribution < 1.29 is 9.53 Å². The summed E-state index contributed by atoms with van der Waals surface area (Å²) in [6, 6.07) is 5.82. The number of benzene rings is 1. The third kappa shape index (κ3) is 4.05. The number of carbonyl (C=O) groups excluding carboxylic acids is 1. The average molecular weight is 263 g/mol. The van der Waals surface area contributed by atoms with Gasteiger partial charge in [-0.2, -0.15) is 0 Å². The third-order valence-corrected chi connectivity index (χ3v) is 3.04. The van der Waals surface area contributed by atoms with E-state index < -0.39 is 0 Å². The van der Waals surface area contributed by atoms with Crippen molar-refractivity contribution in [1.82, 2.24) is 5.32 Å². The van der Waals surface area contributed by atoms with Crippen LogP contribution in [0.25, 0.3) is 0 Å².